The minimum absolute atomic E-state index is 0.505. The zero-order chi connectivity index (χ0) is 15.4. The van der Waals surface area contributed by atoms with Crippen LogP contribution in [0.5, 0.6) is 5.88 Å². The molecular weight excluding hydrogens is 344 g/mol. The average Bonchev–Trinajstić information content (AvgIpc) is 2.90. The lowest BCUT2D eigenvalue weighted by molar-refractivity contribution is 0.307. The summed E-state index contributed by atoms with van der Waals surface area (Å²) in [5.74, 6) is 2.07. The lowest BCUT2D eigenvalue weighted by Crippen LogP contribution is -2.03. The molecular formula is C17H15BrN2O2. The minimum Gasteiger partial charge on any atom is -0.477 e. The SMILES string of the molecule is Cc1oc(-c2ccccc2)nc1CCOc1cccc(Br)n1. The standard InChI is InChI=1S/C17H15BrN2O2/c1-12-14(10-11-21-16-9-5-8-15(18)20-16)19-17(22-12)13-6-3-2-4-7-13/h2-9H,10-11H2,1H3. The van der Waals surface area contributed by atoms with Gasteiger partial charge in [-0.3, -0.25) is 0 Å². The molecule has 0 saturated carbocycles. The van der Waals surface area contributed by atoms with E-state index in [-0.39, 0.29) is 0 Å². The Morgan fingerprint density at radius 3 is 2.64 bits per heavy atom. The van der Waals surface area contributed by atoms with Crippen molar-refractivity contribution >= 4 is 15.9 Å². The predicted octanol–water partition coefficient (Wildman–Crippen LogP) is 4.43. The first-order chi connectivity index (χ1) is 10.7. The zero-order valence-corrected chi connectivity index (χ0v) is 13.7. The minimum atomic E-state index is 0.505. The van der Waals surface area contributed by atoms with Crippen molar-refractivity contribution < 1.29 is 9.15 Å². The molecule has 5 heteroatoms. The van der Waals surface area contributed by atoms with Crippen LogP contribution in [0, 0.1) is 6.92 Å². The first-order valence-electron chi connectivity index (χ1n) is 6.99. The second kappa shape index (κ2) is 6.75. The van der Waals surface area contributed by atoms with Crippen molar-refractivity contribution in [3.8, 4) is 17.3 Å². The number of aromatic nitrogens is 2. The van der Waals surface area contributed by atoms with E-state index < -0.39 is 0 Å². The Morgan fingerprint density at radius 2 is 1.86 bits per heavy atom. The van der Waals surface area contributed by atoms with Gasteiger partial charge in [-0.25, -0.2) is 9.97 Å². The third-order valence-electron chi connectivity index (χ3n) is 3.19. The fraction of sp³-hybridized carbons (Fsp3) is 0.176. The van der Waals surface area contributed by atoms with Crippen LogP contribution in [-0.4, -0.2) is 16.6 Å². The molecule has 0 bridgehead atoms. The quantitative estimate of drug-likeness (QED) is 0.633. The smallest absolute Gasteiger partial charge is 0.226 e. The van der Waals surface area contributed by atoms with E-state index in [4.69, 9.17) is 9.15 Å². The summed E-state index contributed by atoms with van der Waals surface area (Å²) in [6.07, 6.45) is 0.677. The van der Waals surface area contributed by atoms with E-state index in [0.29, 0.717) is 24.8 Å². The van der Waals surface area contributed by atoms with Crippen molar-refractivity contribution in [3.05, 3.63) is 64.6 Å². The van der Waals surface area contributed by atoms with Crippen molar-refractivity contribution in [2.24, 2.45) is 0 Å². The van der Waals surface area contributed by atoms with Crippen molar-refractivity contribution in [3.63, 3.8) is 0 Å². The molecule has 1 aromatic carbocycles. The Hall–Kier alpha value is -2.14. The van der Waals surface area contributed by atoms with Gasteiger partial charge in [0.2, 0.25) is 11.8 Å². The van der Waals surface area contributed by atoms with Crippen LogP contribution < -0.4 is 4.74 Å². The third kappa shape index (κ3) is 3.54. The van der Waals surface area contributed by atoms with Crippen molar-refractivity contribution in [1.29, 1.82) is 0 Å². The largest absolute Gasteiger partial charge is 0.477 e. The summed E-state index contributed by atoms with van der Waals surface area (Å²) >= 11 is 3.32. The van der Waals surface area contributed by atoms with Gasteiger partial charge < -0.3 is 9.15 Å². The number of hydrogen-bond acceptors (Lipinski definition) is 4. The highest BCUT2D eigenvalue weighted by molar-refractivity contribution is 9.10. The van der Waals surface area contributed by atoms with Crippen molar-refractivity contribution in [2.75, 3.05) is 6.61 Å². The number of aryl methyl sites for hydroxylation is 1. The maximum atomic E-state index is 5.73. The lowest BCUT2D eigenvalue weighted by atomic mass is 10.2. The number of ether oxygens (including phenoxy) is 1. The second-order valence-electron chi connectivity index (χ2n) is 4.78. The van der Waals surface area contributed by atoms with Gasteiger partial charge in [0.05, 0.1) is 12.3 Å². The highest BCUT2D eigenvalue weighted by Gasteiger charge is 2.11. The molecule has 4 nitrogen and oxygen atoms in total. The molecule has 3 aromatic rings. The monoisotopic (exact) mass is 358 g/mol. The van der Waals surface area contributed by atoms with Crippen LogP contribution in [0.1, 0.15) is 11.5 Å². The molecule has 0 aliphatic rings. The average molecular weight is 359 g/mol. The van der Waals surface area contributed by atoms with E-state index >= 15 is 0 Å². The van der Waals surface area contributed by atoms with Crippen LogP contribution in [0.2, 0.25) is 0 Å². The summed E-state index contributed by atoms with van der Waals surface area (Å²) in [4.78, 5) is 8.78. The van der Waals surface area contributed by atoms with Crippen LogP contribution in [-0.2, 0) is 6.42 Å². The Kier molecular flexibility index (Phi) is 4.53. The van der Waals surface area contributed by atoms with Crippen LogP contribution in [0.25, 0.3) is 11.5 Å². The Bertz CT molecular complexity index is 756. The van der Waals surface area contributed by atoms with E-state index in [1.807, 2.05) is 55.5 Å². The number of pyridine rings is 1. The molecule has 0 atom stereocenters. The summed E-state index contributed by atoms with van der Waals surface area (Å²) in [5, 5.41) is 0. The van der Waals surface area contributed by atoms with Crippen LogP contribution in [0.3, 0.4) is 0 Å². The number of halogens is 1. The highest BCUT2D eigenvalue weighted by atomic mass is 79.9. The number of oxazole rings is 1. The van der Waals surface area contributed by atoms with Gasteiger partial charge in [-0.2, -0.15) is 0 Å². The van der Waals surface area contributed by atoms with Crippen LogP contribution in [0.4, 0.5) is 0 Å². The molecule has 3 rings (SSSR count). The number of hydrogen-bond donors (Lipinski definition) is 0. The van der Waals surface area contributed by atoms with Gasteiger partial charge in [-0.05, 0) is 41.1 Å². The first-order valence-corrected chi connectivity index (χ1v) is 7.79. The van der Waals surface area contributed by atoms with E-state index in [1.54, 1.807) is 0 Å². The lowest BCUT2D eigenvalue weighted by Gasteiger charge is -2.03. The molecule has 0 aliphatic heterocycles. The maximum Gasteiger partial charge on any atom is 0.226 e. The van der Waals surface area contributed by atoms with Crippen molar-refractivity contribution in [1.82, 2.24) is 9.97 Å². The topological polar surface area (TPSA) is 48.2 Å². The van der Waals surface area contributed by atoms with Gasteiger partial charge >= 0.3 is 0 Å². The van der Waals surface area contributed by atoms with Crippen molar-refractivity contribution in [2.45, 2.75) is 13.3 Å². The third-order valence-corrected chi connectivity index (χ3v) is 3.63. The molecule has 0 N–H and O–H groups in total. The molecule has 0 spiro atoms. The molecule has 0 fully saturated rings. The van der Waals surface area contributed by atoms with Gasteiger partial charge in [-0.1, -0.05) is 24.3 Å². The molecule has 112 valence electrons. The van der Waals surface area contributed by atoms with Gasteiger partial charge in [0, 0.05) is 18.1 Å². The highest BCUT2D eigenvalue weighted by Crippen LogP contribution is 2.21. The summed E-state index contributed by atoms with van der Waals surface area (Å²) in [7, 11) is 0. The van der Waals surface area contributed by atoms with Crippen LogP contribution >= 0.6 is 15.9 Å². The molecule has 22 heavy (non-hydrogen) atoms. The van der Waals surface area contributed by atoms with E-state index in [1.165, 1.54) is 0 Å². The number of nitrogens with zero attached hydrogens (tertiary/aromatic N) is 2. The van der Waals surface area contributed by atoms with Gasteiger partial charge in [0.15, 0.2) is 0 Å². The summed E-state index contributed by atoms with van der Waals surface area (Å²) < 4.78 is 12.1. The molecule has 2 aromatic heterocycles. The summed E-state index contributed by atoms with van der Waals surface area (Å²) in [6, 6.07) is 15.5. The van der Waals surface area contributed by atoms with E-state index in [0.717, 1.165) is 21.6 Å². The second-order valence-corrected chi connectivity index (χ2v) is 5.60. The van der Waals surface area contributed by atoms with Gasteiger partial charge in [0.25, 0.3) is 0 Å². The molecule has 0 radical (unpaired) electrons. The van der Waals surface area contributed by atoms with E-state index in [2.05, 4.69) is 25.9 Å². The molecule has 2 heterocycles. The van der Waals surface area contributed by atoms with Crippen LogP contribution in [0.15, 0.2) is 57.6 Å². The fourth-order valence-electron chi connectivity index (χ4n) is 2.09. The summed E-state index contributed by atoms with van der Waals surface area (Å²) in [6.45, 7) is 2.43. The van der Waals surface area contributed by atoms with Gasteiger partial charge in [0.1, 0.15) is 10.4 Å². The number of rotatable bonds is 5. The molecule has 0 saturated heterocycles. The van der Waals surface area contributed by atoms with E-state index in [9.17, 15) is 0 Å². The summed E-state index contributed by atoms with van der Waals surface area (Å²) in [5.41, 5.74) is 1.89. The molecule has 0 aliphatic carbocycles. The van der Waals surface area contributed by atoms with Gasteiger partial charge in [-0.15, -0.1) is 0 Å². The molecule has 0 amide bonds. The first kappa shape index (κ1) is 14.8. The Balaban J connectivity index is 1.65. The normalized spacial score (nSPS) is 10.6. The predicted molar refractivity (Wildman–Crippen MR) is 87.8 cm³/mol. The Morgan fingerprint density at radius 1 is 1.05 bits per heavy atom. The fourth-order valence-corrected chi connectivity index (χ4v) is 2.41. The maximum absolute atomic E-state index is 5.73. The Labute approximate surface area is 137 Å². The zero-order valence-electron chi connectivity index (χ0n) is 12.1. The number of benzene rings is 1. The molecule has 0 unspecified atom stereocenters.